The summed E-state index contributed by atoms with van der Waals surface area (Å²) in [6.45, 7) is 0.770. The number of nitrogens with two attached hydrogens (primary N) is 1. The van der Waals surface area contributed by atoms with E-state index in [0.717, 1.165) is 50.3 Å². The van der Waals surface area contributed by atoms with Gasteiger partial charge in [0.05, 0.1) is 5.69 Å². The molecule has 18 heavy (non-hydrogen) atoms. The van der Waals surface area contributed by atoms with Crippen LogP contribution < -0.4 is 10.6 Å². The van der Waals surface area contributed by atoms with Crippen LogP contribution in [0.2, 0.25) is 0 Å². The number of amides is 1. The highest BCUT2D eigenvalue weighted by atomic mass is 16.2. The van der Waals surface area contributed by atoms with E-state index in [2.05, 4.69) is 4.98 Å². The van der Waals surface area contributed by atoms with E-state index < -0.39 is 0 Å². The number of H-pyrrole nitrogens is 1. The Hall–Kier alpha value is -1.29. The largest absolute Gasteiger partial charge is 0.366 e. The predicted octanol–water partition coefficient (Wildman–Crippen LogP) is 2.13. The number of nitrogens with one attached hydrogen (secondary N) is 1. The van der Waals surface area contributed by atoms with Gasteiger partial charge in [-0.1, -0.05) is 0 Å². The van der Waals surface area contributed by atoms with Gasteiger partial charge in [-0.25, -0.2) is 0 Å². The molecule has 4 heteroatoms. The molecule has 1 amide bonds. The number of rotatable bonds is 4. The Balaban J connectivity index is 1.87. The molecule has 0 unspecified atom stereocenters. The van der Waals surface area contributed by atoms with E-state index in [1.807, 2.05) is 25.5 Å². The fourth-order valence-corrected chi connectivity index (χ4v) is 2.86. The molecule has 1 heterocycles. The number of aromatic nitrogens is 1. The molecule has 1 aliphatic carbocycles. The van der Waals surface area contributed by atoms with Crippen molar-refractivity contribution in [3.63, 3.8) is 0 Å². The van der Waals surface area contributed by atoms with Gasteiger partial charge in [0.15, 0.2) is 0 Å². The SMILES string of the molecule is CN(C(=O)C1CCC(CCN)CC1)c1cc[nH]c1. The highest BCUT2D eigenvalue weighted by molar-refractivity contribution is 5.94. The lowest BCUT2D eigenvalue weighted by atomic mass is 9.80. The lowest BCUT2D eigenvalue weighted by molar-refractivity contribution is -0.123. The summed E-state index contributed by atoms with van der Waals surface area (Å²) in [7, 11) is 1.86. The van der Waals surface area contributed by atoms with Gasteiger partial charge in [0, 0.05) is 25.4 Å². The van der Waals surface area contributed by atoms with E-state index in [9.17, 15) is 4.79 Å². The number of hydrogen-bond donors (Lipinski definition) is 2. The topological polar surface area (TPSA) is 62.1 Å². The van der Waals surface area contributed by atoms with E-state index in [1.54, 1.807) is 4.90 Å². The fraction of sp³-hybridized carbons (Fsp3) is 0.643. The van der Waals surface area contributed by atoms with Crippen LogP contribution in [0, 0.1) is 11.8 Å². The molecule has 0 spiro atoms. The van der Waals surface area contributed by atoms with Crippen LogP contribution in [0.25, 0.3) is 0 Å². The Labute approximate surface area is 109 Å². The minimum absolute atomic E-state index is 0.193. The quantitative estimate of drug-likeness (QED) is 0.858. The number of anilines is 1. The zero-order valence-electron chi connectivity index (χ0n) is 11.1. The van der Waals surface area contributed by atoms with Crippen molar-refractivity contribution in [3.8, 4) is 0 Å². The van der Waals surface area contributed by atoms with Crippen molar-refractivity contribution in [3.05, 3.63) is 18.5 Å². The second kappa shape index (κ2) is 6.05. The number of carbonyl (C=O) groups is 1. The van der Waals surface area contributed by atoms with Gasteiger partial charge in [0.2, 0.25) is 5.91 Å². The van der Waals surface area contributed by atoms with E-state index in [0.29, 0.717) is 0 Å². The molecule has 1 fully saturated rings. The summed E-state index contributed by atoms with van der Waals surface area (Å²) in [6, 6.07) is 1.93. The number of hydrogen-bond acceptors (Lipinski definition) is 2. The maximum absolute atomic E-state index is 12.3. The van der Waals surface area contributed by atoms with E-state index in [1.165, 1.54) is 0 Å². The van der Waals surface area contributed by atoms with Crippen molar-refractivity contribution < 1.29 is 4.79 Å². The summed E-state index contributed by atoms with van der Waals surface area (Å²) in [4.78, 5) is 17.1. The van der Waals surface area contributed by atoms with Crippen molar-refractivity contribution >= 4 is 11.6 Å². The molecule has 1 aromatic heterocycles. The molecular weight excluding hydrogens is 226 g/mol. The summed E-state index contributed by atoms with van der Waals surface area (Å²) in [5.74, 6) is 1.18. The van der Waals surface area contributed by atoms with Crippen LogP contribution in [0.4, 0.5) is 5.69 Å². The van der Waals surface area contributed by atoms with Gasteiger partial charge < -0.3 is 15.6 Å². The minimum Gasteiger partial charge on any atom is -0.366 e. The van der Waals surface area contributed by atoms with Crippen molar-refractivity contribution in [2.24, 2.45) is 17.6 Å². The maximum Gasteiger partial charge on any atom is 0.229 e. The number of carbonyl (C=O) groups excluding carboxylic acids is 1. The Morgan fingerprint density at radius 1 is 1.44 bits per heavy atom. The van der Waals surface area contributed by atoms with Crippen LogP contribution in [0.3, 0.4) is 0 Å². The summed E-state index contributed by atoms with van der Waals surface area (Å²) >= 11 is 0. The Kier molecular flexibility index (Phi) is 4.42. The van der Waals surface area contributed by atoms with E-state index in [-0.39, 0.29) is 11.8 Å². The number of nitrogens with zero attached hydrogens (tertiary/aromatic N) is 1. The van der Waals surface area contributed by atoms with Gasteiger partial charge in [-0.3, -0.25) is 4.79 Å². The first-order chi connectivity index (χ1) is 8.72. The molecule has 0 radical (unpaired) electrons. The van der Waals surface area contributed by atoms with Crippen molar-refractivity contribution in [2.75, 3.05) is 18.5 Å². The molecule has 3 N–H and O–H groups in total. The second-order valence-corrected chi connectivity index (χ2v) is 5.26. The van der Waals surface area contributed by atoms with Crippen LogP contribution in [0.15, 0.2) is 18.5 Å². The molecule has 0 aliphatic heterocycles. The highest BCUT2D eigenvalue weighted by Crippen LogP contribution is 2.32. The minimum atomic E-state index is 0.193. The summed E-state index contributed by atoms with van der Waals surface area (Å²) in [5, 5.41) is 0. The molecule has 100 valence electrons. The average Bonchev–Trinajstić information content (AvgIpc) is 2.92. The molecule has 0 saturated heterocycles. The second-order valence-electron chi connectivity index (χ2n) is 5.26. The van der Waals surface area contributed by atoms with E-state index >= 15 is 0 Å². The third kappa shape index (κ3) is 2.93. The maximum atomic E-state index is 12.3. The standard InChI is InChI=1S/C14H23N3O/c1-17(13-7-9-16-10-13)14(18)12-4-2-11(3-5-12)6-8-15/h7,9-12,16H,2-6,8,15H2,1H3. The van der Waals surface area contributed by atoms with Crippen molar-refractivity contribution in [1.82, 2.24) is 4.98 Å². The Morgan fingerprint density at radius 3 is 2.72 bits per heavy atom. The van der Waals surface area contributed by atoms with Gasteiger partial charge in [-0.2, -0.15) is 0 Å². The smallest absolute Gasteiger partial charge is 0.229 e. The van der Waals surface area contributed by atoms with Gasteiger partial charge in [0.1, 0.15) is 0 Å². The van der Waals surface area contributed by atoms with Gasteiger partial charge in [0.25, 0.3) is 0 Å². The summed E-state index contributed by atoms with van der Waals surface area (Å²) in [6.07, 6.45) is 9.13. The number of aromatic amines is 1. The molecule has 1 aliphatic rings. The lowest BCUT2D eigenvalue weighted by Gasteiger charge is -2.30. The average molecular weight is 249 g/mol. The molecule has 0 aromatic carbocycles. The first-order valence-electron chi connectivity index (χ1n) is 6.82. The van der Waals surface area contributed by atoms with Crippen LogP contribution in [0.5, 0.6) is 0 Å². The molecule has 0 atom stereocenters. The zero-order chi connectivity index (χ0) is 13.0. The molecule has 1 saturated carbocycles. The molecule has 2 rings (SSSR count). The summed E-state index contributed by atoms with van der Waals surface area (Å²) < 4.78 is 0. The monoisotopic (exact) mass is 249 g/mol. The van der Waals surface area contributed by atoms with Gasteiger partial charge in [-0.05, 0) is 50.6 Å². The highest BCUT2D eigenvalue weighted by Gasteiger charge is 2.28. The normalized spacial score (nSPS) is 23.9. The van der Waals surface area contributed by atoms with Crippen LogP contribution in [0.1, 0.15) is 32.1 Å². The Morgan fingerprint density at radius 2 is 2.17 bits per heavy atom. The van der Waals surface area contributed by atoms with Crippen LogP contribution >= 0.6 is 0 Å². The molecule has 1 aromatic rings. The molecule has 4 nitrogen and oxygen atoms in total. The fourth-order valence-electron chi connectivity index (χ4n) is 2.86. The first kappa shape index (κ1) is 13.1. The van der Waals surface area contributed by atoms with Crippen LogP contribution in [-0.4, -0.2) is 24.5 Å². The van der Waals surface area contributed by atoms with Crippen LogP contribution in [-0.2, 0) is 4.79 Å². The van der Waals surface area contributed by atoms with Gasteiger partial charge in [-0.15, -0.1) is 0 Å². The van der Waals surface area contributed by atoms with E-state index in [4.69, 9.17) is 5.73 Å². The third-order valence-electron chi connectivity index (χ3n) is 4.07. The first-order valence-corrected chi connectivity index (χ1v) is 6.82. The van der Waals surface area contributed by atoms with Gasteiger partial charge >= 0.3 is 0 Å². The third-order valence-corrected chi connectivity index (χ3v) is 4.07. The Bertz CT molecular complexity index is 366. The van der Waals surface area contributed by atoms with Crippen molar-refractivity contribution in [2.45, 2.75) is 32.1 Å². The molecular formula is C14H23N3O. The molecule has 0 bridgehead atoms. The predicted molar refractivity (Wildman–Crippen MR) is 73.3 cm³/mol. The van der Waals surface area contributed by atoms with Crippen molar-refractivity contribution in [1.29, 1.82) is 0 Å². The lowest BCUT2D eigenvalue weighted by Crippen LogP contribution is -2.35. The summed E-state index contributed by atoms with van der Waals surface area (Å²) in [5.41, 5.74) is 6.54. The zero-order valence-corrected chi connectivity index (χ0v) is 11.1.